The molecule has 1 aliphatic rings. The highest BCUT2D eigenvalue weighted by molar-refractivity contribution is 5.92. The third kappa shape index (κ3) is 3.51. The lowest BCUT2D eigenvalue weighted by molar-refractivity contribution is -0.117. The van der Waals surface area contributed by atoms with Crippen molar-refractivity contribution in [2.24, 2.45) is 0 Å². The maximum absolute atomic E-state index is 13.1. The van der Waals surface area contributed by atoms with Crippen molar-refractivity contribution in [3.63, 3.8) is 0 Å². The Morgan fingerprint density at radius 3 is 2.83 bits per heavy atom. The molecule has 98 valence electrons. The van der Waals surface area contributed by atoms with Gasteiger partial charge in [-0.15, -0.1) is 0 Å². The summed E-state index contributed by atoms with van der Waals surface area (Å²) in [5.41, 5.74) is 1.18. The number of rotatable bonds is 3. The molecule has 1 aromatic rings. The second kappa shape index (κ2) is 5.93. The number of carbonyl (C=O) groups is 1. The summed E-state index contributed by atoms with van der Waals surface area (Å²) >= 11 is 0. The zero-order valence-corrected chi connectivity index (χ0v) is 10.5. The molecule has 1 saturated heterocycles. The van der Waals surface area contributed by atoms with Gasteiger partial charge in [-0.1, -0.05) is 0 Å². The van der Waals surface area contributed by atoms with Crippen LogP contribution in [0.2, 0.25) is 0 Å². The average Bonchev–Trinajstić information content (AvgIpc) is 2.35. The Labute approximate surface area is 106 Å². The highest BCUT2D eigenvalue weighted by Crippen LogP contribution is 2.13. The SMILES string of the molecule is Cc1cc(NC(=O)CN2CCNCC2)ccc1F. The summed E-state index contributed by atoms with van der Waals surface area (Å²) < 4.78 is 13.1. The largest absolute Gasteiger partial charge is 0.325 e. The minimum Gasteiger partial charge on any atom is -0.325 e. The van der Waals surface area contributed by atoms with Gasteiger partial charge < -0.3 is 10.6 Å². The summed E-state index contributed by atoms with van der Waals surface area (Å²) in [6.07, 6.45) is 0. The van der Waals surface area contributed by atoms with Crippen LogP contribution in [0.25, 0.3) is 0 Å². The van der Waals surface area contributed by atoms with E-state index in [4.69, 9.17) is 0 Å². The Balaban J connectivity index is 1.88. The van der Waals surface area contributed by atoms with Gasteiger partial charge in [-0.3, -0.25) is 9.69 Å². The molecule has 1 aliphatic heterocycles. The zero-order chi connectivity index (χ0) is 13.0. The van der Waals surface area contributed by atoms with Crippen molar-refractivity contribution in [1.29, 1.82) is 0 Å². The van der Waals surface area contributed by atoms with E-state index in [1.165, 1.54) is 6.07 Å². The van der Waals surface area contributed by atoms with E-state index in [1.54, 1.807) is 19.1 Å². The van der Waals surface area contributed by atoms with Gasteiger partial charge in [-0.25, -0.2) is 4.39 Å². The van der Waals surface area contributed by atoms with Crippen LogP contribution in [0.4, 0.5) is 10.1 Å². The number of nitrogens with one attached hydrogen (secondary N) is 2. The molecule has 0 aromatic heterocycles. The highest BCUT2D eigenvalue weighted by Gasteiger charge is 2.13. The molecule has 1 heterocycles. The van der Waals surface area contributed by atoms with E-state index < -0.39 is 0 Å². The van der Waals surface area contributed by atoms with E-state index >= 15 is 0 Å². The molecule has 0 saturated carbocycles. The van der Waals surface area contributed by atoms with Gasteiger partial charge in [-0.2, -0.15) is 0 Å². The fourth-order valence-corrected chi connectivity index (χ4v) is 2.00. The molecule has 2 rings (SSSR count). The van der Waals surface area contributed by atoms with E-state index in [1.807, 2.05) is 0 Å². The molecule has 1 amide bonds. The molecular formula is C13H18FN3O. The van der Waals surface area contributed by atoms with Gasteiger partial charge in [0.2, 0.25) is 5.91 Å². The van der Waals surface area contributed by atoms with Crippen LogP contribution < -0.4 is 10.6 Å². The summed E-state index contributed by atoms with van der Waals surface area (Å²) in [4.78, 5) is 13.9. The number of nitrogens with zero attached hydrogens (tertiary/aromatic N) is 1. The molecule has 2 N–H and O–H groups in total. The fourth-order valence-electron chi connectivity index (χ4n) is 2.00. The number of hydrogen-bond donors (Lipinski definition) is 2. The zero-order valence-electron chi connectivity index (χ0n) is 10.5. The second-order valence-corrected chi connectivity index (χ2v) is 4.54. The molecule has 0 spiro atoms. The molecule has 0 aliphatic carbocycles. The number of piperazine rings is 1. The number of hydrogen-bond acceptors (Lipinski definition) is 3. The maximum Gasteiger partial charge on any atom is 0.238 e. The number of aryl methyl sites for hydroxylation is 1. The van der Waals surface area contributed by atoms with Crippen LogP contribution in [-0.2, 0) is 4.79 Å². The first kappa shape index (κ1) is 13.0. The summed E-state index contributed by atoms with van der Waals surface area (Å²) in [6.45, 7) is 5.68. The van der Waals surface area contributed by atoms with E-state index in [0.717, 1.165) is 26.2 Å². The van der Waals surface area contributed by atoms with Crippen LogP contribution in [0.15, 0.2) is 18.2 Å². The summed E-state index contributed by atoms with van der Waals surface area (Å²) in [5.74, 6) is -0.307. The Kier molecular flexibility index (Phi) is 4.28. The Morgan fingerprint density at radius 2 is 2.17 bits per heavy atom. The maximum atomic E-state index is 13.1. The highest BCUT2D eigenvalue weighted by atomic mass is 19.1. The first-order chi connectivity index (χ1) is 8.65. The fraction of sp³-hybridized carbons (Fsp3) is 0.462. The lowest BCUT2D eigenvalue weighted by atomic mass is 10.2. The standard InChI is InChI=1S/C13H18FN3O/c1-10-8-11(2-3-12(10)14)16-13(18)9-17-6-4-15-5-7-17/h2-3,8,15H,4-7,9H2,1H3,(H,16,18). The molecule has 18 heavy (non-hydrogen) atoms. The molecular weight excluding hydrogens is 233 g/mol. The van der Waals surface area contributed by atoms with Gasteiger partial charge in [0, 0.05) is 31.9 Å². The minimum atomic E-state index is -0.255. The second-order valence-electron chi connectivity index (χ2n) is 4.54. The van der Waals surface area contributed by atoms with E-state index in [-0.39, 0.29) is 11.7 Å². The Bertz CT molecular complexity index is 430. The lowest BCUT2D eigenvalue weighted by Gasteiger charge is -2.26. The number of halogens is 1. The predicted molar refractivity (Wildman–Crippen MR) is 69.1 cm³/mol. The summed E-state index contributed by atoms with van der Waals surface area (Å²) in [7, 11) is 0. The van der Waals surface area contributed by atoms with Crippen molar-refractivity contribution in [3.8, 4) is 0 Å². The van der Waals surface area contributed by atoms with Crippen LogP contribution in [-0.4, -0.2) is 43.5 Å². The van der Waals surface area contributed by atoms with Crippen LogP contribution in [0, 0.1) is 12.7 Å². The van der Waals surface area contributed by atoms with Crippen molar-refractivity contribution < 1.29 is 9.18 Å². The monoisotopic (exact) mass is 251 g/mol. The van der Waals surface area contributed by atoms with Gasteiger partial charge in [0.25, 0.3) is 0 Å². The number of carbonyl (C=O) groups excluding carboxylic acids is 1. The molecule has 0 bridgehead atoms. The van der Waals surface area contributed by atoms with Crippen LogP contribution in [0.1, 0.15) is 5.56 Å². The first-order valence-electron chi connectivity index (χ1n) is 6.14. The van der Waals surface area contributed by atoms with E-state index in [0.29, 0.717) is 17.8 Å². The van der Waals surface area contributed by atoms with Crippen LogP contribution >= 0.6 is 0 Å². The van der Waals surface area contributed by atoms with Gasteiger partial charge in [-0.05, 0) is 30.7 Å². The molecule has 5 heteroatoms. The van der Waals surface area contributed by atoms with Crippen molar-refractivity contribution in [2.75, 3.05) is 38.0 Å². The molecule has 1 aromatic carbocycles. The number of anilines is 1. The molecule has 1 fully saturated rings. The Hall–Kier alpha value is -1.46. The lowest BCUT2D eigenvalue weighted by Crippen LogP contribution is -2.46. The normalized spacial score (nSPS) is 16.6. The average molecular weight is 251 g/mol. The van der Waals surface area contributed by atoms with Gasteiger partial charge in [0.05, 0.1) is 6.54 Å². The summed E-state index contributed by atoms with van der Waals surface area (Å²) in [5, 5.41) is 6.03. The molecule has 4 nitrogen and oxygen atoms in total. The predicted octanol–water partition coefficient (Wildman–Crippen LogP) is 0.978. The topological polar surface area (TPSA) is 44.4 Å². The van der Waals surface area contributed by atoms with Crippen LogP contribution in [0.3, 0.4) is 0 Å². The van der Waals surface area contributed by atoms with Gasteiger partial charge >= 0.3 is 0 Å². The van der Waals surface area contributed by atoms with E-state index in [9.17, 15) is 9.18 Å². The van der Waals surface area contributed by atoms with Crippen molar-refractivity contribution >= 4 is 11.6 Å². The van der Waals surface area contributed by atoms with E-state index in [2.05, 4.69) is 15.5 Å². The van der Waals surface area contributed by atoms with Gasteiger partial charge in [0.1, 0.15) is 5.82 Å². The Morgan fingerprint density at radius 1 is 1.44 bits per heavy atom. The molecule has 0 atom stereocenters. The quantitative estimate of drug-likeness (QED) is 0.841. The summed E-state index contributed by atoms with van der Waals surface area (Å²) in [6, 6.07) is 4.60. The van der Waals surface area contributed by atoms with Crippen molar-refractivity contribution in [2.45, 2.75) is 6.92 Å². The smallest absolute Gasteiger partial charge is 0.238 e. The number of amides is 1. The van der Waals surface area contributed by atoms with Crippen molar-refractivity contribution in [3.05, 3.63) is 29.6 Å². The third-order valence-corrected chi connectivity index (χ3v) is 3.02. The third-order valence-electron chi connectivity index (χ3n) is 3.02. The van der Waals surface area contributed by atoms with Crippen molar-refractivity contribution in [1.82, 2.24) is 10.2 Å². The first-order valence-corrected chi connectivity index (χ1v) is 6.14. The molecule has 0 radical (unpaired) electrons. The number of benzene rings is 1. The van der Waals surface area contributed by atoms with Crippen LogP contribution in [0.5, 0.6) is 0 Å². The molecule has 0 unspecified atom stereocenters. The van der Waals surface area contributed by atoms with Gasteiger partial charge in [0.15, 0.2) is 0 Å². The minimum absolute atomic E-state index is 0.0529.